The van der Waals surface area contributed by atoms with Crippen LogP contribution in [-0.2, 0) is 19.6 Å². The van der Waals surface area contributed by atoms with Crippen molar-refractivity contribution < 1.29 is 17.9 Å². The Morgan fingerprint density at radius 1 is 1.25 bits per heavy atom. The van der Waals surface area contributed by atoms with Gasteiger partial charge in [0.1, 0.15) is 0 Å². The molecular weight excluding hydrogens is 278 g/mol. The lowest BCUT2D eigenvalue weighted by Gasteiger charge is -2.25. The number of hydrogen-bond donors (Lipinski definition) is 0. The van der Waals surface area contributed by atoms with Crippen molar-refractivity contribution in [1.29, 1.82) is 0 Å². The van der Waals surface area contributed by atoms with Crippen LogP contribution in [0.4, 0.5) is 0 Å². The molecule has 0 amide bonds. The maximum atomic E-state index is 12.5. The Labute approximate surface area is 120 Å². The van der Waals surface area contributed by atoms with Gasteiger partial charge >= 0.3 is 5.97 Å². The first-order valence-electron chi connectivity index (χ1n) is 6.62. The predicted octanol–water partition coefficient (Wildman–Crippen LogP) is 2.04. The summed E-state index contributed by atoms with van der Waals surface area (Å²) < 4.78 is 31.2. The molecule has 0 aliphatic rings. The van der Waals surface area contributed by atoms with Crippen LogP contribution in [0.25, 0.3) is 0 Å². The number of rotatable bonds is 7. The van der Waals surface area contributed by atoms with Crippen LogP contribution in [0.1, 0.15) is 27.2 Å². The van der Waals surface area contributed by atoms with Crippen LogP contribution in [0.2, 0.25) is 0 Å². The van der Waals surface area contributed by atoms with Gasteiger partial charge in [0.2, 0.25) is 10.0 Å². The lowest BCUT2D eigenvalue weighted by molar-refractivity contribution is -0.143. The van der Waals surface area contributed by atoms with Crippen LogP contribution in [0, 0.1) is 0 Å². The van der Waals surface area contributed by atoms with Gasteiger partial charge in [-0.15, -0.1) is 0 Å². The highest BCUT2D eigenvalue weighted by atomic mass is 32.2. The number of carbonyl (C=O) groups excluding carboxylic acids is 1. The zero-order valence-electron chi connectivity index (χ0n) is 12.1. The molecule has 0 saturated carbocycles. The van der Waals surface area contributed by atoms with Crippen LogP contribution in [0.5, 0.6) is 0 Å². The summed E-state index contributed by atoms with van der Waals surface area (Å²) in [7, 11) is -3.59. The molecule has 1 aromatic rings. The maximum Gasteiger partial charge on any atom is 0.307 e. The fourth-order valence-electron chi connectivity index (χ4n) is 1.82. The average molecular weight is 299 g/mol. The molecule has 5 nitrogen and oxygen atoms in total. The largest absolute Gasteiger partial charge is 0.466 e. The molecule has 0 aliphatic carbocycles. The van der Waals surface area contributed by atoms with E-state index < -0.39 is 10.0 Å². The minimum absolute atomic E-state index is 0.0537. The third-order valence-corrected chi connectivity index (χ3v) is 4.86. The molecule has 0 spiro atoms. The first kappa shape index (κ1) is 16.7. The van der Waals surface area contributed by atoms with E-state index in [1.54, 1.807) is 51.1 Å². The molecule has 0 aliphatic heterocycles. The number of nitrogens with zero attached hydrogens (tertiary/aromatic N) is 1. The number of sulfonamides is 1. The van der Waals surface area contributed by atoms with Gasteiger partial charge in [-0.25, -0.2) is 8.42 Å². The molecule has 20 heavy (non-hydrogen) atoms. The molecule has 6 heteroatoms. The number of esters is 1. The molecule has 0 atom stereocenters. The van der Waals surface area contributed by atoms with Crippen molar-refractivity contribution in [3.8, 4) is 0 Å². The molecule has 0 bridgehead atoms. The van der Waals surface area contributed by atoms with E-state index in [4.69, 9.17) is 4.74 Å². The van der Waals surface area contributed by atoms with E-state index in [2.05, 4.69) is 0 Å². The fourth-order valence-corrected chi connectivity index (χ4v) is 3.48. The lowest BCUT2D eigenvalue weighted by atomic mass is 10.3. The number of ether oxygens (including phenoxy) is 1. The quantitative estimate of drug-likeness (QED) is 0.723. The summed E-state index contributed by atoms with van der Waals surface area (Å²) in [6.45, 7) is 5.70. The van der Waals surface area contributed by atoms with E-state index >= 15 is 0 Å². The van der Waals surface area contributed by atoms with Crippen molar-refractivity contribution in [3.63, 3.8) is 0 Å². The molecular formula is C14H21NO4S. The zero-order chi connectivity index (χ0) is 15.2. The van der Waals surface area contributed by atoms with Gasteiger partial charge in [0.25, 0.3) is 0 Å². The maximum absolute atomic E-state index is 12.5. The average Bonchev–Trinajstić information content (AvgIpc) is 2.39. The van der Waals surface area contributed by atoms with E-state index in [0.29, 0.717) is 6.61 Å². The summed E-state index contributed by atoms with van der Waals surface area (Å²) in [6, 6.07) is 7.99. The minimum atomic E-state index is -3.59. The third kappa shape index (κ3) is 4.31. The summed E-state index contributed by atoms with van der Waals surface area (Å²) in [6.07, 6.45) is 0.0537. The Kier molecular flexibility index (Phi) is 6.16. The van der Waals surface area contributed by atoms with Gasteiger partial charge in [-0.05, 0) is 32.9 Å². The minimum Gasteiger partial charge on any atom is -0.466 e. The molecule has 0 heterocycles. The molecule has 0 unspecified atom stereocenters. The first-order valence-corrected chi connectivity index (χ1v) is 8.06. The van der Waals surface area contributed by atoms with E-state index in [-0.39, 0.29) is 29.9 Å². The zero-order valence-corrected chi connectivity index (χ0v) is 12.9. The third-order valence-electron chi connectivity index (χ3n) is 2.77. The predicted molar refractivity (Wildman–Crippen MR) is 76.7 cm³/mol. The second-order valence-electron chi connectivity index (χ2n) is 4.58. The standard InChI is InChI=1S/C14H21NO4S/c1-4-19-14(16)10-11-15(12(2)3)20(17,18)13-8-6-5-7-9-13/h5-9,12H,4,10-11H2,1-3H3. The van der Waals surface area contributed by atoms with Crippen LogP contribution >= 0.6 is 0 Å². The van der Waals surface area contributed by atoms with Crippen LogP contribution in [0.3, 0.4) is 0 Å². The van der Waals surface area contributed by atoms with E-state index in [0.717, 1.165) is 0 Å². The Morgan fingerprint density at radius 2 is 1.85 bits per heavy atom. The summed E-state index contributed by atoms with van der Waals surface area (Å²) >= 11 is 0. The highest BCUT2D eigenvalue weighted by Crippen LogP contribution is 2.18. The molecule has 0 fully saturated rings. The van der Waals surface area contributed by atoms with Gasteiger partial charge in [0, 0.05) is 12.6 Å². The SMILES string of the molecule is CCOC(=O)CCN(C(C)C)S(=O)(=O)c1ccccc1. The summed E-state index contributed by atoms with van der Waals surface area (Å²) in [4.78, 5) is 11.6. The number of carbonyl (C=O) groups is 1. The topological polar surface area (TPSA) is 63.7 Å². The van der Waals surface area contributed by atoms with Gasteiger partial charge in [-0.1, -0.05) is 18.2 Å². The molecule has 0 saturated heterocycles. The molecule has 1 aromatic carbocycles. The Morgan fingerprint density at radius 3 is 2.35 bits per heavy atom. The fraction of sp³-hybridized carbons (Fsp3) is 0.500. The summed E-state index contributed by atoms with van der Waals surface area (Å²) in [5.41, 5.74) is 0. The highest BCUT2D eigenvalue weighted by Gasteiger charge is 2.27. The monoisotopic (exact) mass is 299 g/mol. The van der Waals surface area contributed by atoms with Crippen molar-refractivity contribution in [2.45, 2.75) is 38.1 Å². The molecule has 0 aromatic heterocycles. The van der Waals surface area contributed by atoms with Crippen LogP contribution < -0.4 is 0 Å². The lowest BCUT2D eigenvalue weighted by Crippen LogP contribution is -2.38. The second-order valence-corrected chi connectivity index (χ2v) is 6.47. The van der Waals surface area contributed by atoms with Crippen LogP contribution in [-0.4, -0.2) is 37.9 Å². The van der Waals surface area contributed by atoms with E-state index in [9.17, 15) is 13.2 Å². The first-order chi connectivity index (χ1) is 9.39. The number of hydrogen-bond acceptors (Lipinski definition) is 4. The summed E-state index contributed by atoms with van der Waals surface area (Å²) in [5.74, 6) is -0.388. The van der Waals surface area contributed by atoms with E-state index in [1.807, 2.05) is 0 Å². The molecule has 0 N–H and O–H groups in total. The Bertz CT molecular complexity index is 525. The van der Waals surface area contributed by atoms with Crippen molar-refractivity contribution in [3.05, 3.63) is 30.3 Å². The van der Waals surface area contributed by atoms with Crippen LogP contribution in [0.15, 0.2) is 35.2 Å². The van der Waals surface area contributed by atoms with E-state index in [1.165, 1.54) is 4.31 Å². The molecule has 112 valence electrons. The number of benzene rings is 1. The Hall–Kier alpha value is -1.40. The smallest absolute Gasteiger partial charge is 0.307 e. The van der Waals surface area contributed by atoms with Gasteiger partial charge in [-0.3, -0.25) is 4.79 Å². The van der Waals surface area contributed by atoms with Gasteiger partial charge in [0.05, 0.1) is 17.9 Å². The van der Waals surface area contributed by atoms with Crippen molar-refractivity contribution in [2.24, 2.45) is 0 Å². The van der Waals surface area contributed by atoms with Gasteiger partial charge < -0.3 is 4.74 Å². The Balaban J connectivity index is 2.88. The normalized spacial score (nSPS) is 11.8. The van der Waals surface area contributed by atoms with Gasteiger partial charge in [0.15, 0.2) is 0 Å². The van der Waals surface area contributed by atoms with Crippen molar-refractivity contribution in [1.82, 2.24) is 4.31 Å². The van der Waals surface area contributed by atoms with Crippen molar-refractivity contribution >= 4 is 16.0 Å². The highest BCUT2D eigenvalue weighted by molar-refractivity contribution is 7.89. The molecule has 1 rings (SSSR count). The second kappa shape index (κ2) is 7.40. The van der Waals surface area contributed by atoms with Crippen molar-refractivity contribution in [2.75, 3.05) is 13.2 Å². The molecule has 0 radical (unpaired) electrons. The summed E-state index contributed by atoms with van der Waals surface area (Å²) in [5, 5.41) is 0. The van der Waals surface area contributed by atoms with Gasteiger partial charge in [-0.2, -0.15) is 4.31 Å².